The second kappa shape index (κ2) is 9.37. The molecule has 0 saturated heterocycles. The molecule has 2 rings (SSSR count). The van der Waals surface area contributed by atoms with Gasteiger partial charge in [0.15, 0.2) is 5.69 Å². The van der Waals surface area contributed by atoms with E-state index in [9.17, 15) is 13.2 Å². The first-order valence-electron chi connectivity index (χ1n) is 8.25. The molecule has 1 unspecified atom stereocenters. The summed E-state index contributed by atoms with van der Waals surface area (Å²) in [5, 5.41) is 4.43. The quantitative estimate of drug-likeness (QED) is 0.514. The fourth-order valence-corrected chi connectivity index (χ4v) is 3.54. The van der Waals surface area contributed by atoms with Crippen LogP contribution in [0, 0.1) is 0 Å². The van der Waals surface area contributed by atoms with Gasteiger partial charge in [0.25, 0.3) is 0 Å². The van der Waals surface area contributed by atoms with Gasteiger partial charge in [-0.25, -0.2) is 4.98 Å². The number of nitrogens with one attached hydrogen (secondary N) is 1. The molecule has 0 aliphatic rings. The number of alkyl halides is 3. The van der Waals surface area contributed by atoms with Crippen molar-refractivity contribution in [2.75, 3.05) is 18.4 Å². The van der Waals surface area contributed by atoms with Gasteiger partial charge in [-0.05, 0) is 32.0 Å². The van der Waals surface area contributed by atoms with Crippen LogP contribution in [0.25, 0.3) is 0 Å². The molecule has 0 aliphatic carbocycles. The summed E-state index contributed by atoms with van der Waals surface area (Å²) >= 11 is 18.3. The van der Waals surface area contributed by atoms with E-state index in [1.165, 1.54) is 0 Å². The second-order valence-corrected chi connectivity index (χ2v) is 7.40. The zero-order valence-electron chi connectivity index (χ0n) is 14.7. The average molecular weight is 445 g/mol. The standard InChI is InChI=1S/C17H19Cl3F3N3O/c1-3-4-26(8-15-25-14(9-27-15)17(21,22)23)7-10(2)24-16-12(19)5-11(18)6-13(16)20/h5-6,9-10,24H,3-4,7-8H2,1-2H3. The lowest BCUT2D eigenvalue weighted by Crippen LogP contribution is -2.35. The van der Waals surface area contributed by atoms with E-state index in [1.54, 1.807) is 12.1 Å². The smallest absolute Gasteiger partial charge is 0.436 e. The minimum absolute atomic E-state index is 0.0190. The molecule has 0 radical (unpaired) electrons. The van der Waals surface area contributed by atoms with Crippen molar-refractivity contribution in [1.29, 1.82) is 0 Å². The number of anilines is 1. The van der Waals surface area contributed by atoms with Gasteiger partial charge >= 0.3 is 6.18 Å². The van der Waals surface area contributed by atoms with Crippen LogP contribution in [0.5, 0.6) is 0 Å². The zero-order chi connectivity index (χ0) is 20.2. The number of hydrogen-bond donors (Lipinski definition) is 1. The molecule has 27 heavy (non-hydrogen) atoms. The first kappa shape index (κ1) is 22.1. The van der Waals surface area contributed by atoms with E-state index in [2.05, 4.69) is 10.3 Å². The van der Waals surface area contributed by atoms with Gasteiger partial charge in [0.1, 0.15) is 6.26 Å². The summed E-state index contributed by atoms with van der Waals surface area (Å²) < 4.78 is 43.0. The molecule has 1 aromatic carbocycles. The topological polar surface area (TPSA) is 41.3 Å². The molecule has 1 atom stereocenters. The number of hydrogen-bond acceptors (Lipinski definition) is 4. The van der Waals surface area contributed by atoms with Gasteiger partial charge < -0.3 is 9.73 Å². The van der Waals surface area contributed by atoms with E-state index in [4.69, 9.17) is 39.2 Å². The molecule has 2 aromatic rings. The highest BCUT2D eigenvalue weighted by Crippen LogP contribution is 2.34. The first-order chi connectivity index (χ1) is 12.6. The second-order valence-electron chi connectivity index (χ2n) is 6.15. The Morgan fingerprint density at radius 1 is 1.22 bits per heavy atom. The van der Waals surface area contributed by atoms with Crippen LogP contribution in [0.1, 0.15) is 31.9 Å². The third-order valence-electron chi connectivity index (χ3n) is 3.67. The highest BCUT2D eigenvalue weighted by Gasteiger charge is 2.34. The van der Waals surface area contributed by atoms with Crippen molar-refractivity contribution in [2.45, 2.75) is 39.0 Å². The van der Waals surface area contributed by atoms with E-state index < -0.39 is 11.9 Å². The van der Waals surface area contributed by atoms with Gasteiger partial charge in [-0.1, -0.05) is 41.7 Å². The first-order valence-corrected chi connectivity index (χ1v) is 9.38. The van der Waals surface area contributed by atoms with Crippen LogP contribution in [0.15, 0.2) is 22.8 Å². The van der Waals surface area contributed by atoms with Gasteiger partial charge in [0, 0.05) is 17.6 Å². The maximum absolute atomic E-state index is 12.7. The van der Waals surface area contributed by atoms with Crippen molar-refractivity contribution in [2.24, 2.45) is 0 Å². The van der Waals surface area contributed by atoms with Gasteiger partial charge in [0.2, 0.25) is 5.89 Å². The van der Waals surface area contributed by atoms with E-state index in [1.807, 2.05) is 18.7 Å². The van der Waals surface area contributed by atoms with E-state index >= 15 is 0 Å². The third kappa shape index (κ3) is 6.45. The molecule has 1 heterocycles. The molecule has 0 aliphatic heterocycles. The summed E-state index contributed by atoms with van der Waals surface area (Å²) in [7, 11) is 0. The molecule has 10 heteroatoms. The summed E-state index contributed by atoms with van der Waals surface area (Å²) in [6.07, 6.45) is -3.06. The van der Waals surface area contributed by atoms with Crippen LogP contribution in [0.3, 0.4) is 0 Å². The van der Waals surface area contributed by atoms with E-state index in [0.717, 1.165) is 6.42 Å². The molecule has 1 N–H and O–H groups in total. The molecular weight excluding hydrogens is 426 g/mol. The van der Waals surface area contributed by atoms with Crippen molar-refractivity contribution in [3.05, 3.63) is 45.0 Å². The number of rotatable bonds is 8. The SMILES string of the molecule is CCCN(Cc1nc(C(F)(F)F)co1)CC(C)Nc1c(Cl)cc(Cl)cc1Cl. The van der Waals surface area contributed by atoms with Crippen molar-refractivity contribution < 1.29 is 17.6 Å². The van der Waals surface area contributed by atoms with Crippen molar-refractivity contribution >= 4 is 40.5 Å². The molecule has 0 amide bonds. The molecular formula is C17H19Cl3F3N3O. The lowest BCUT2D eigenvalue weighted by Gasteiger charge is -2.26. The fraction of sp³-hybridized carbons (Fsp3) is 0.471. The lowest BCUT2D eigenvalue weighted by molar-refractivity contribution is -0.141. The summed E-state index contributed by atoms with van der Waals surface area (Å²) in [6.45, 7) is 5.25. The Kier molecular flexibility index (Phi) is 7.68. The monoisotopic (exact) mass is 443 g/mol. The Morgan fingerprint density at radius 3 is 2.37 bits per heavy atom. The Hall–Kier alpha value is -1.15. The van der Waals surface area contributed by atoms with Crippen LogP contribution in [-0.4, -0.2) is 29.0 Å². The maximum atomic E-state index is 12.7. The zero-order valence-corrected chi connectivity index (χ0v) is 17.0. The van der Waals surface area contributed by atoms with Crippen LogP contribution < -0.4 is 5.32 Å². The summed E-state index contributed by atoms with van der Waals surface area (Å²) in [6, 6.07) is 3.07. The van der Waals surface area contributed by atoms with Crippen LogP contribution in [0.2, 0.25) is 15.1 Å². The molecule has 150 valence electrons. The third-order valence-corrected chi connectivity index (χ3v) is 4.48. The number of benzene rings is 1. The summed E-state index contributed by atoms with van der Waals surface area (Å²) in [5.74, 6) is 0.0190. The highest BCUT2D eigenvalue weighted by molar-refractivity contribution is 6.41. The minimum atomic E-state index is -4.52. The molecule has 1 aromatic heterocycles. The van der Waals surface area contributed by atoms with Crippen LogP contribution >= 0.6 is 34.8 Å². The molecule has 0 fully saturated rings. The molecule has 4 nitrogen and oxygen atoms in total. The predicted octanol–water partition coefficient (Wildman–Crippen LogP) is 6.37. The number of oxazole rings is 1. The van der Waals surface area contributed by atoms with Crippen molar-refractivity contribution in [1.82, 2.24) is 9.88 Å². The molecule has 0 spiro atoms. The maximum Gasteiger partial charge on any atom is 0.436 e. The largest absolute Gasteiger partial charge is 0.447 e. The Morgan fingerprint density at radius 2 is 1.85 bits per heavy atom. The highest BCUT2D eigenvalue weighted by atomic mass is 35.5. The normalized spacial score (nSPS) is 13.2. The van der Waals surface area contributed by atoms with Gasteiger partial charge in [-0.3, -0.25) is 4.90 Å². The van der Waals surface area contributed by atoms with Gasteiger partial charge in [-0.2, -0.15) is 13.2 Å². The Bertz CT molecular complexity index is 744. The average Bonchev–Trinajstić information content (AvgIpc) is 3.00. The van der Waals surface area contributed by atoms with Crippen LogP contribution in [0.4, 0.5) is 18.9 Å². The molecule has 0 saturated carbocycles. The van der Waals surface area contributed by atoms with Crippen molar-refractivity contribution in [3.63, 3.8) is 0 Å². The predicted molar refractivity (Wildman–Crippen MR) is 102 cm³/mol. The Balaban J connectivity index is 2.04. The molecule has 0 bridgehead atoms. The Labute approximate surface area is 170 Å². The van der Waals surface area contributed by atoms with Gasteiger partial charge in [-0.15, -0.1) is 0 Å². The lowest BCUT2D eigenvalue weighted by atomic mass is 10.2. The van der Waals surface area contributed by atoms with Gasteiger partial charge in [0.05, 0.1) is 22.3 Å². The van der Waals surface area contributed by atoms with E-state index in [0.29, 0.717) is 40.1 Å². The van der Waals surface area contributed by atoms with E-state index in [-0.39, 0.29) is 18.5 Å². The van der Waals surface area contributed by atoms with Crippen LogP contribution in [-0.2, 0) is 12.7 Å². The summed E-state index contributed by atoms with van der Waals surface area (Å²) in [4.78, 5) is 5.47. The number of halogens is 6. The minimum Gasteiger partial charge on any atom is -0.447 e. The summed E-state index contributed by atoms with van der Waals surface area (Å²) in [5.41, 5.74) is -0.470. The van der Waals surface area contributed by atoms with Crippen molar-refractivity contribution in [3.8, 4) is 0 Å². The number of nitrogens with zero attached hydrogens (tertiary/aromatic N) is 2. The number of aromatic nitrogens is 1. The fourth-order valence-electron chi connectivity index (χ4n) is 2.62.